The first-order chi connectivity index (χ1) is 22.3. The smallest absolute Gasteiger partial charge is 0.256 e. The van der Waals surface area contributed by atoms with Crippen molar-refractivity contribution in [1.29, 1.82) is 0 Å². The lowest BCUT2D eigenvalue weighted by Gasteiger charge is -2.36. The van der Waals surface area contributed by atoms with E-state index < -0.39 is 5.91 Å². The van der Waals surface area contributed by atoms with Gasteiger partial charge < -0.3 is 14.7 Å². The zero-order chi connectivity index (χ0) is 32.0. The Bertz CT molecular complexity index is 1810. The summed E-state index contributed by atoms with van der Waals surface area (Å²) in [7, 11) is 0. The van der Waals surface area contributed by atoms with Crippen molar-refractivity contribution in [1.82, 2.24) is 20.0 Å². The molecule has 2 heterocycles. The molecule has 10 heteroatoms. The fourth-order valence-electron chi connectivity index (χ4n) is 5.40. The van der Waals surface area contributed by atoms with E-state index in [-0.39, 0.29) is 35.4 Å². The number of piperazine rings is 1. The largest absolute Gasteiger partial charge is 0.352 e. The van der Waals surface area contributed by atoms with Crippen LogP contribution in [0.25, 0.3) is 22.4 Å². The molecule has 1 aliphatic heterocycles. The van der Waals surface area contributed by atoms with E-state index in [2.05, 4.69) is 39.4 Å². The number of halogens is 3. The molecule has 0 N–H and O–H groups in total. The molecular weight excluding hydrogens is 624 g/mol. The van der Waals surface area contributed by atoms with Gasteiger partial charge in [0.1, 0.15) is 12.4 Å². The van der Waals surface area contributed by atoms with E-state index in [9.17, 15) is 14.0 Å². The molecule has 0 unspecified atom stereocenters. The molecule has 0 spiro atoms. The Labute approximate surface area is 276 Å². The molecule has 0 radical (unpaired) electrons. The highest BCUT2D eigenvalue weighted by molar-refractivity contribution is 6.36. The van der Waals surface area contributed by atoms with Crippen LogP contribution in [0.1, 0.15) is 15.9 Å². The van der Waals surface area contributed by atoms with Gasteiger partial charge >= 0.3 is 0 Å². The summed E-state index contributed by atoms with van der Waals surface area (Å²) in [6, 6.07) is 32.8. The summed E-state index contributed by atoms with van der Waals surface area (Å²) in [6.45, 7) is 2.02. The Morgan fingerprint density at radius 1 is 0.739 bits per heavy atom. The maximum Gasteiger partial charge on any atom is 0.256 e. The minimum absolute atomic E-state index is 0.112. The van der Waals surface area contributed by atoms with Crippen molar-refractivity contribution in [3.05, 3.63) is 136 Å². The molecule has 0 aliphatic carbocycles. The molecule has 2 amide bonds. The maximum atomic E-state index is 13.5. The number of anilines is 1. The van der Waals surface area contributed by atoms with Crippen molar-refractivity contribution in [3.8, 4) is 22.4 Å². The summed E-state index contributed by atoms with van der Waals surface area (Å²) in [4.78, 5) is 32.3. The first-order valence-electron chi connectivity index (χ1n) is 14.8. The van der Waals surface area contributed by atoms with Gasteiger partial charge in [-0.2, -0.15) is 0 Å². The van der Waals surface area contributed by atoms with Crippen LogP contribution in [-0.4, -0.2) is 64.5 Å². The second-order valence-corrected chi connectivity index (χ2v) is 11.8. The number of hydrogen-bond acceptors (Lipinski definition) is 5. The monoisotopic (exact) mass is 653 g/mol. The molecule has 0 saturated carbocycles. The van der Waals surface area contributed by atoms with Gasteiger partial charge in [0.05, 0.1) is 16.3 Å². The molecular formula is C36H30Cl2FN5O2. The van der Waals surface area contributed by atoms with Gasteiger partial charge in [-0.25, -0.2) is 4.39 Å². The van der Waals surface area contributed by atoms with Crippen LogP contribution in [0.4, 0.5) is 10.2 Å². The maximum absolute atomic E-state index is 13.5. The third-order valence-electron chi connectivity index (χ3n) is 7.96. The van der Waals surface area contributed by atoms with Crippen molar-refractivity contribution in [3.63, 3.8) is 0 Å². The number of rotatable bonds is 8. The Kier molecular flexibility index (Phi) is 9.57. The van der Waals surface area contributed by atoms with Crippen LogP contribution in [-0.2, 0) is 11.3 Å². The van der Waals surface area contributed by atoms with Crippen LogP contribution in [0.15, 0.2) is 109 Å². The lowest BCUT2D eigenvalue weighted by Crippen LogP contribution is -2.52. The second-order valence-electron chi connectivity index (χ2n) is 11.0. The van der Waals surface area contributed by atoms with Gasteiger partial charge in [-0.1, -0.05) is 89.9 Å². The average Bonchev–Trinajstić information content (AvgIpc) is 3.09. The minimum atomic E-state index is -0.414. The summed E-state index contributed by atoms with van der Waals surface area (Å²) >= 11 is 12.4. The predicted molar refractivity (Wildman–Crippen MR) is 179 cm³/mol. The van der Waals surface area contributed by atoms with Gasteiger partial charge in [-0.3, -0.25) is 9.59 Å². The number of nitrogens with zero attached hydrogens (tertiary/aromatic N) is 5. The number of aromatic nitrogens is 2. The first kappa shape index (κ1) is 31.2. The zero-order valence-corrected chi connectivity index (χ0v) is 26.3. The Balaban J connectivity index is 1.08. The average molecular weight is 655 g/mol. The van der Waals surface area contributed by atoms with Crippen LogP contribution in [0.5, 0.6) is 0 Å². The molecule has 6 rings (SSSR count). The standard InChI is InChI=1S/C36H30Cl2FN5O2/c37-29-12-15-31(32(38)22-29)36(46)44(23-25-6-13-30(39)14-7-25)24-35(45)43-20-18-42(19-21-43)34-17-16-33(40-41-34)28-10-8-27(9-11-28)26-4-2-1-3-5-26/h1-17,22H,18-21,23-24H2. The van der Waals surface area contributed by atoms with Gasteiger partial charge in [0.2, 0.25) is 5.91 Å². The van der Waals surface area contributed by atoms with Crippen molar-refractivity contribution in [2.24, 2.45) is 0 Å². The van der Waals surface area contributed by atoms with E-state index in [0.717, 1.165) is 28.2 Å². The molecule has 4 aromatic carbocycles. The Morgan fingerprint density at radius 3 is 2.07 bits per heavy atom. The van der Waals surface area contributed by atoms with Gasteiger partial charge in [-0.05, 0) is 59.2 Å². The van der Waals surface area contributed by atoms with E-state index in [4.69, 9.17) is 23.2 Å². The summed E-state index contributed by atoms with van der Waals surface area (Å²) in [5.74, 6) is -0.251. The van der Waals surface area contributed by atoms with Crippen molar-refractivity contribution in [2.75, 3.05) is 37.6 Å². The fourth-order valence-corrected chi connectivity index (χ4v) is 5.89. The number of carbonyl (C=O) groups is 2. The number of amides is 2. The van der Waals surface area contributed by atoms with Crippen molar-refractivity contribution in [2.45, 2.75) is 6.54 Å². The molecule has 1 fully saturated rings. The lowest BCUT2D eigenvalue weighted by molar-refractivity contribution is -0.132. The van der Waals surface area contributed by atoms with Gasteiger partial charge in [0.25, 0.3) is 5.91 Å². The predicted octanol–water partition coefficient (Wildman–Crippen LogP) is 7.25. The molecule has 46 heavy (non-hydrogen) atoms. The Morgan fingerprint density at radius 2 is 1.41 bits per heavy atom. The number of carbonyl (C=O) groups excluding carboxylic acids is 2. The third-order valence-corrected chi connectivity index (χ3v) is 8.50. The molecule has 0 atom stereocenters. The molecule has 1 aliphatic rings. The van der Waals surface area contributed by atoms with Crippen molar-refractivity contribution < 1.29 is 14.0 Å². The van der Waals surface area contributed by atoms with Crippen LogP contribution in [0, 0.1) is 5.82 Å². The SMILES string of the molecule is O=C(CN(Cc1ccc(F)cc1)C(=O)c1ccc(Cl)cc1Cl)N1CCN(c2ccc(-c3ccc(-c4ccccc4)cc3)nn2)CC1. The van der Waals surface area contributed by atoms with E-state index in [1.807, 2.05) is 42.5 Å². The summed E-state index contributed by atoms with van der Waals surface area (Å²) in [5.41, 5.74) is 4.98. The fraction of sp³-hybridized carbons (Fsp3) is 0.167. The molecule has 7 nitrogen and oxygen atoms in total. The molecule has 232 valence electrons. The highest BCUT2D eigenvalue weighted by Gasteiger charge is 2.27. The first-order valence-corrected chi connectivity index (χ1v) is 15.6. The van der Waals surface area contributed by atoms with E-state index in [1.165, 1.54) is 23.1 Å². The Hall–Kier alpha value is -4.79. The summed E-state index contributed by atoms with van der Waals surface area (Å²) in [5, 5.41) is 9.53. The molecule has 1 aromatic heterocycles. The van der Waals surface area contributed by atoms with Crippen LogP contribution in [0.3, 0.4) is 0 Å². The van der Waals surface area contributed by atoms with Crippen LogP contribution >= 0.6 is 23.2 Å². The molecule has 5 aromatic rings. The molecule has 1 saturated heterocycles. The number of hydrogen-bond donors (Lipinski definition) is 0. The lowest BCUT2D eigenvalue weighted by atomic mass is 10.0. The van der Waals surface area contributed by atoms with Gasteiger partial charge in [-0.15, -0.1) is 10.2 Å². The highest BCUT2D eigenvalue weighted by atomic mass is 35.5. The minimum Gasteiger partial charge on any atom is -0.352 e. The summed E-state index contributed by atoms with van der Waals surface area (Å²) < 4.78 is 13.5. The van der Waals surface area contributed by atoms with E-state index in [1.54, 1.807) is 29.2 Å². The zero-order valence-electron chi connectivity index (χ0n) is 24.8. The van der Waals surface area contributed by atoms with Gasteiger partial charge in [0.15, 0.2) is 5.82 Å². The highest BCUT2D eigenvalue weighted by Crippen LogP contribution is 2.26. The number of benzene rings is 4. The van der Waals surface area contributed by atoms with Crippen LogP contribution < -0.4 is 4.90 Å². The van der Waals surface area contributed by atoms with E-state index in [0.29, 0.717) is 36.8 Å². The second kappa shape index (κ2) is 14.1. The normalized spacial score (nSPS) is 13.0. The third kappa shape index (κ3) is 7.36. The summed E-state index contributed by atoms with van der Waals surface area (Å²) in [6.07, 6.45) is 0. The van der Waals surface area contributed by atoms with Crippen LogP contribution in [0.2, 0.25) is 10.0 Å². The van der Waals surface area contributed by atoms with Crippen molar-refractivity contribution >= 4 is 40.8 Å². The topological polar surface area (TPSA) is 69.6 Å². The van der Waals surface area contributed by atoms with Gasteiger partial charge in [0, 0.05) is 43.3 Å². The quantitative estimate of drug-likeness (QED) is 0.176. The molecule has 0 bridgehead atoms. The van der Waals surface area contributed by atoms with E-state index >= 15 is 0 Å².